The van der Waals surface area contributed by atoms with Gasteiger partial charge in [-0.15, -0.1) is 0 Å². The highest BCUT2D eigenvalue weighted by Crippen LogP contribution is 2.31. The zero-order valence-corrected chi connectivity index (χ0v) is 15.3. The third-order valence-corrected chi connectivity index (χ3v) is 4.97. The van der Waals surface area contributed by atoms with Crippen LogP contribution in [0.15, 0.2) is 24.3 Å². The molecule has 1 aliphatic rings. The van der Waals surface area contributed by atoms with Gasteiger partial charge in [0, 0.05) is 18.5 Å². The zero-order chi connectivity index (χ0) is 18.7. The van der Waals surface area contributed by atoms with Crippen molar-refractivity contribution in [2.45, 2.75) is 77.6 Å². The predicted molar refractivity (Wildman–Crippen MR) is 92.9 cm³/mol. The van der Waals surface area contributed by atoms with Crippen LogP contribution >= 0.6 is 0 Å². The number of halogens is 3. The van der Waals surface area contributed by atoms with Crippen molar-refractivity contribution >= 4 is 5.91 Å². The van der Waals surface area contributed by atoms with Crippen LogP contribution in [0.25, 0.3) is 0 Å². The number of alkyl halides is 3. The molecule has 1 aromatic rings. The Kier molecular flexibility index (Phi) is 6.17. The normalized spacial score (nSPS) is 16.2. The average Bonchev–Trinajstić information content (AvgIpc) is 3.02. The van der Waals surface area contributed by atoms with Crippen molar-refractivity contribution < 1.29 is 18.0 Å². The van der Waals surface area contributed by atoms with Crippen molar-refractivity contribution in [2.24, 2.45) is 5.92 Å². The number of hydrogen-bond donors (Lipinski definition) is 0. The maximum absolute atomic E-state index is 12.7. The zero-order valence-electron chi connectivity index (χ0n) is 15.3. The van der Waals surface area contributed by atoms with E-state index < -0.39 is 11.7 Å². The Hall–Kier alpha value is -1.52. The van der Waals surface area contributed by atoms with Gasteiger partial charge < -0.3 is 4.90 Å². The minimum absolute atomic E-state index is 0.0827. The lowest BCUT2D eigenvalue weighted by Gasteiger charge is -2.36. The van der Waals surface area contributed by atoms with Crippen molar-refractivity contribution in [1.82, 2.24) is 4.90 Å². The Labute approximate surface area is 148 Å². The SMILES string of the molecule is CC(C)(C)N(Cc1ccc(C(F)(F)F)cc1)C(=O)CCC1CCCC1. The maximum Gasteiger partial charge on any atom is 0.416 e. The summed E-state index contributed by atoms with van der Waals surface area (Å²) in [6, 6.07) is 5.09. The number of benzene rings is 1. The fourth-order valence-corrected chi connectivity index (χ4v) is 3.44. The fourth-order valence-electron chi connectivity index (χ4n) is 3.44. The molecule has 0 radical (unpaired) electrons. The van der Waals surface area contributed by atoms with Crippen LogP contribution in [0, 0.1) is 5.92 Å². The highest BCUT2D eigenvalue weighted by atomic mass is 19.4. The first-order valence-corrected chi connectivity index (χ1v) is 9.04. The lowest BCUT2D eigenvalue weighted by atomic mass is 9.98. The van der Waals surface area contributed by atoms with Crippen LogP contribution < -0.4 is 0 Å². The molecule has 0 atom stereocenters. The van der Waals surface area contributed by atoms with E-state index in [1.807, 2.05) is 20.8 Å². The topological polar surface area (TPSA) is 20.3 Å². The van der Waals surface area contributed by atoms with Gasteiger partial charge >= 0.3 is 6.18 Å². The fraction of sp³-hybridized carbons (Fsp3) is 0.650. The second-order valence-corrected chi connectivity index (χ2v) is 8.03. The molecular formula is C20H28F3NO. The van der Waals surface area contributed by atoms with Gasteiger partial charge in [-0.05, 0) is 50.8 Å². The molecule has 0 saturated heterocycles. The van der Waals surface area contributed by atoms with Crippen LogP contribution in [0.3, 0.4) is 0 Å². The standard InChI is InChI=1S/C20H28F3NO/c1-19(2,3)24(18(25)13-10-15-6-4-5-7-15)14-16-8-11-17(12-9-16)20(21,22)23/h8-9,11-12,15H,4-7,10,13-14H2,1-3H3. The van der Waals surface area contributed by atoms with Crippen molar-refractivity contribution in [3.05, 3.63) is 35.4 Å². The summed E-state index contributed by atoms with van der Waals surface area (Å²) in [5.41, 5.74) is -0.307. The lowest BCUT2D eigenvalue weighted by molar-refractivity contribution is -0.138. The summed E-state index contributed by atoms with van der Waals surface area (Å²) in [4.78, 5) is 14.5. The minimum Gasteiger partial charge on any atom is -0.334 e. The van der Waals surface area contributed by atoms with E-state index in [1.54, 1.807) is 4.90 Å². The molecule has 25 heavy (non-hydrogen) atoms. The second-order valence-electron chi connectivity index (χ2n) is 8.03. The Morgan fingerprint density at radius 3 is 2.12 bits per heavy atom. The number of rotatable bonds is 5. The molecule has 1 aliphatic carbocycles. The smallest absolute Gasteiger partial charge is 0.334 e. The van der Waals surface area contributed by atoms with Gasteiger partial charge in [-0.25, -0.2) is 0 Å². The Bertz CT molecular complexity index is 566. The van der Waals surface area contributed by atoms with Gasteiger partial charge in [0.05, 0.1) is 5.56 Å². The first-order valence-electron chi connectivity index (χ1n) is 9.04. The molecule has 0 unspecified atom stereocenters. The number of carbonyl (C=O) groups is 1. The van der Waals surface area contributed by atoms with Crippen LogP contribution in [0.1, 0.15) is 70.4 Å². The van der Waals surface area contributed by atoms with E-state index in [9.17, 15) is 18.0 Å². The molecule has 1 aromatic carbocycles. The van der Waals surface area contributed by atoms with E-state index in [0.29, 0.717) is 18.9 Å². The van der Waals surface area contributed by atoms with Crippen LogP contribution in [0.5, 0.6) is 0 Å². The van der Waals surface area contributed by atoms with Crippen LogP contribution in [0.2, 0.25) is 0 Å². The van der Waals surface area contributed by atoms with Crippen LogP contribution in [-0.2, 0) is 17.5 Å². The Balaban J connectivity index is 2.03. The summed E-state index contributed by atoms with van der Waals surface area (Å²) in [6.45, 7) is 6.23. The second kappa shape index (κ2) is 7.79. The molecule has 2 nitrogen and oxygen atoms in total. The summed E-state index contributed by atoms with van der Waals surface area (Å²) in [6.07, 6.45) is 2.03. The first kappa shape index (κ1) is 19.8. The molecule has 0 aromatic heterocycles. The highest BCUT2D eigenvalue weighted by molar-refractivity contribution is 5.77. The molecule has 0 heterocycles. The molecular weight excluding hydrogens is 327 g/mol. The molecule has 1 saturated carbocycles. The minimum atomic E-state index is -4.33. The summed E-state index contributed by atoms with van der Waals surface area (Å²) >= 11 is 0. The van der Waals surface area contributed by atoms with E-state index in [1.165, 1.54) is 37.8 Å². The van der Waals surface area contributed by atoms with Gasteiger partial charge in [-0.1, -0.05) is 37.8 Å². The van der Waals surface area contributed by atoms with Gasteiger partial charge in [-0.2, -0.15) is 13.2 Å². The molecule has 5 heteroatoms. The van der Waals surface area contributed by atoms with Crippen LogP contribution in [-0.4, -0.2) is 16.3 Å². The number of carbonyl (C=O) groups excluding carboxylic acids is 1. The first-order chi connectivity index (χ1) is 11.6. The third kappa shape index (κ3) is 5.75. The Morgan fingerprint density at radius 1 is 1.08 bits per heavy atom. The number of amides is 1. The average molecular weight is 355 g/mol. The quantitative estimate of drug-likeness (QED) is 0.653. The van der Waals surface area contributed by atoms with Crippen molar-refractivity contribution in [3.8, 4) is 0 Å². The predicted octanol–water partition coefficient (Wildman–Crippen LogP) is 5.80. The van der Waals surface area contributed by atoms with E-state index >= 15 is 0 Å². The lowest BCUT2D eigenvalue weighted by Crippen LogP contribution is -2.45. The maximum atomic E-state index is 12.7. The molecule has 0 spiro atoms. The van der Waals surface area contributed by atoms with Gasteiger partial charge in [-0.3, -0.25) is 4.79 Å². The Morgan fingerprint density at radius 2 is 1.64 bits per heavy atom. The molecule has 0 bridgehead atoms. The summed E-state index contributed by atoms with van der Waals surface area (Å²) in [7, 11) is 0. The van der Waals surface area contributed by atoms with Crippen LogP contribution in [0.4, 0.5) is 13.2 Å². The highest BCUT2D eigenvalue weighted by Gasteiger charge is 2.31. The monoisotopic (exact) mass is 355 g/mol. The van der Waals surface area contributed by atoms with E-state index in [2.05, 4.69) is 0 Å². The third-order valence-electron chi connectivity index (χ3n) is 4.97. The summed E-state index contributed by atoms with van der Waals surface area (Å²) in [5.74, 6) is 0.733. The molecule has 0 aliphatic heterocycles. The van der Waals surface area contributed by atoms with Crippen molar-refractivity contribution in [3.63, 3.8) is 0 Å². The summed E-state index contributed by atoms with van der Waals surface area (Å²) < 4.78 is 38.0. The number of nitrogens with zero attached hydrogens (tertiary/aromatic N) is 1. The van der Waals surface area contributed by atoms with E-state index in [-0.39, 0.29) is 11.4 Å². The van der Waals surface area contributed by atoms with Gasteiger partial charge in [0.2, 0.25) is 5.91 Å². The molecule has 1 amide bonds. The van der Waals surface area contributed by atoms with Gasteiger partial charge in [0.15, 0.2) is 0 Å². The molecule has 140 valence electrons. The van der Waals surface area contributed by atoms with E-state index in [4.69, 9.17) is 0 Å². The molecule has 1 fully saturated rings. The van der Waals surface area contributed by atoms with Crippen molar-refractivity contribution in [1.29, 1.82) is 0 Å². The van der Waals surface area contributed by atoms with Gasteiger partial charge in [0.25, 0.3) is 0 Å². The van der Waals surface area contributed by atoms with Crippen molar-refractivity contribution in [2.75, 3.05) is 0 Å². The van der Waals surface area contributed by atoms with Gasteiger partial charge in [0.1, 0.15) is 0 Å². The van der Waals surface area contributed by atoms with E-state index in [0.717, 1.165) is 24.1 Å². The molecule has 0 N–H and O–H groups in total. The number of hydrogen-bond acceptors (Lipinski definition) is 1. The summed E-state index contributed by atoms with van der Waals surface area (Å²) in [5, 5.41) is 0. The molecule has 2 rings (SSSR count). The largest absolute Gasteiger partial charge is 0.416 e.